The summed E-state index contributed by atoms with van der Waals surface area (Å²) in [6, 6.07) is 17.9. The van der Waals surface area contributed by atoms with Crippen LogP contribution in [0.2, 0.25) is 0 Å². The van der Waals surface area contributed by atoms with Crippen LogP contribution in [0.3, 0.4) is 0 Å². The third kappa shape index (κ3) is 3.78. The van der Waals surface area contributed by atoms with Crippen LogP contribution in [0.5, 0.6) is 5.88 Å². The van der Waals surface area contributed by atoms with E-state index < -0.39 is 6.23 Å². The summed E-state index contributed by atoms with van der Waals surface area (Å²) in [4.78, 5) is 4.55. The zero-order valence-electron chi connectivity index (χ0n) is 15.4. The molecular formula is C21H14BrFN4O2S. The van der Waals surface area contributed by atoms with Crippen LogP contribution in [0.4, 0.5) is 10.1 Å². The lowest BCUT2D eigenvalue weighted by Gasteiger charge is -2.16. The normalized spacial score (nSPS) is 14.8. The Kier molecular flexibility index (Phi) is 5.14. The summed E-state index contributed by atoms with van der Waals surface area (Å²) in [6.07, 6.45) is -0.597. The third-order valence-corrected chi connectivity index (χ3v) is 5.81. The maximum absolute atomic E-state index is 13.9. The predicted molar refractivity (Wildman–Crippen MR) is 115 cm³/mol. The lowest BCUT2D eigenvalue weighted by molar-refractivity contribution is 0.194. The van der Waals surface area contributed by atoms with Crippen molar-refractivity contribution in [1.29, 1.82) is 0 Å². The molecule has 0 fully saturated rings. The van der Waals surface area contributed by atoms with E-state index in [0.717, 1.165) is 11.3 Å². The number of ether oxygens (including phenoxy) is 1. The van der Waals surface area contributed by atoms with E-state index in [4.69, 9.17) is 9.15 Å². The summed E-state index contributed by atoms with van der Waals surface area (Å²) in [7, 11) is 0. The van der Waals surface area contributed by atoms with Gasteiger partial charge in [-0.15, -0.1) is 10.2 Å². The zero-order valence-corrected chi connectivity index (χ0v) is 17.8. The molecule has 9 heteroatoms. The molecule has 0 unspecified atom stereocenters. The van der Waals surface area contributed by atoms with E-state index in [1.807, 2.05) is 30.3 Å². The van der Waals surface area contributed by atoms with Crippen LogP contribution in [-0.4, -0.2) is 15.2 Å². The number of para-hydroxylation sites is 1. The molecule has 2 aromatic heterocycles. The van der Waals surface area contributed by atoms with Crippen LogP contribution in [0.1, 0.15) is 17.6 Å². The quantitative estimate of drug-likeness (QED) is 0.365. The van der Waals surface area contributed by atoms with Crippen LogP contribution in [0, 0.1) is 5.82 Å². The number of thioether (sulfide) groups is 1. The molecule has 0 amide bonds. The number of halogens is 2. The molecule has 5 rings (SSSR count). The minimum absolute atomic E-state index is 0.259. The van der Waals surface area contributed by atoms with Crippen LogP contribution in [0.15, 0.2) is 74.9 Å². The van der Waals surface area contributed by atoms with E-state index in [1.54, 1.807) is 24.3 Å². The van der Waals surface area contributed by atoms with Crippen molar-refractivity contribution >= 4 is 33.4 Å². The average Bonchev–Trinajstić information content (AvgIpc) is 3.12. The second kappa shape index (κ2) is 8.08. The second-order valence-electron chi connectivity index (χ2n) is 6.46. The fourth-order valence-corrected chi connectivity index (χ4v) is 4.15. The van der Waals surface area contributed by atoms with Gasteiger partial charge in [0.25, 0.3) is 0 Å². The largest absolute Gasteiger partial charge is 0.448 e. The molecular weight excluding hydrogens is 471 g/mol. The molecule has 2 aromatic carbocycles. The molecule has 1 N–H and O–H groups in total. The number of fused-ring (bicyclic) bond motifs is 3. The molecule has 150 valence electrons. The van der Waals surface area contributed by atoms with Crippen molar-refractivity contribution in [3.63, 3.8) is 0 Å². The molecule has 1 atom stereocenters. The number of nitrogens with one attached hydrogen (secondary N) is 1. The Morgan fingerprint density at radius 1 is 1.03 bits per heavy atom. The molecule has 1 aliphatic heterocycles. The van der Waals surface area contributed by atoms with Gasteiger partial charge in [0, 0.05) is 17.0 Å². The van der Waals surface area contributed by atoms with E-state index in [9.17, 15) is 4.39 Å². The Labute approximate surface area is 184 Å². The minimum atomic E-state index is -0.597. The second-order valence-corrected chi connectivity index (χ2v) is 8.18. The highest BCUT2D eigenvalue weighted by Crippen LogP contribution is 2.40. The molecule has 0 aliphatic carbocycles. The summed E-state index contributed by atoms with van der Waals surface area (Å²) >= 11 is 4.61. The highest BCUT2D eigenvalue weighted by molar-refractivity contribution is 9.10. The van der Waals surface area contributed by atoms with Crippen molar-refractivity contribution in [2.75, 3.05) is 5.32 Å². The summed E-state index contributed by atoms with van der Waals surface area (Å²) < 4.78 is 26.3. The molecule has 1 aliphatic rings. The number of benzene rings is 2. The third-order valence-electron chi connectivity index (χ3n) is 4.50. The Bertz CT molecular complexity index is 1220. The Balaban J connectivity index is 1.49. The summed E-state index contributed by atoms with van der Waals surface area (Å²) in [5, 5.41) is 12.3. The smallest absolute Gasteiger partial charge is 0.247 e. The molecule has 0 saturated carbocycles. The lowest BCUT2D eigenvalue weighted by atomic mass is 10.1. The van der Waals surface area contributed by atoms with Gasteiger partial charge in [0.2, 0.25) is 17.3 Å². The first-order valence-electron chi connectivity index (χ1n) is 9.06. The monoisotopic (exact) mass is 484 g/mol. The van der Waals surface area contributed by atoms with E-state index in [-0.39, 0.29) is 5.82 Å². The van der Waals surface area contributed by atoms with E-state index in [2.05, 4.69) is 36.4 Å². The van der Waals surface area contributed by atoms with Crippen LogP contribution >= 0.6 is 27.7 Å². The fraction of sp³-hybridized carbons (Fsp3) is 0.0952. The number of aromatic nitrogens is 3. The van der Waals surface area contributed by atoms with Crippen molar-refractivity contribution in [2.24, 2.45) is 0 Å². The number of nitrogens with zero attached hydrogens (tertiary/aromatic N) is 3. The first-order valence-corrected chi connectivity index (χ1v) is 10.8. The maximum Gasteiger partial charge on any atom is 0.247 e. The minimum Gasteiger partial charge on any atom is -0.448 e. The first kappa shape index (κ1) is 19.1. The zero-order chi connectivity index (χ0) is 20.5. The maximum atomic E-state index is 13.9. The van der Waals surface area contributed by atoms with Gasteiger partial charge in [-0.3, -0.25) is 0 Å². The molecule has 30 heavy (non-hydrogen) atoms. The van der Waals surface area contributed by atoms with E-state index >= 15 is 0 Å². The van der Waals surface area contributed by atoms with Gasteiger partial charge in [-0.1, -0.05) is 48.2 Å². The Morgan fingerprint density at radius 3 is 2.70 bits per heavy atom. The molecule has 0 radical (unpaired) electrons. The number of hydrogen-bond donors (Lipinski definition) is 1. The van der Waals surface area contributed by atoms with Crippen LogP contribution in [0.25, 0.3) is 11.3 Å². The van der Waals surface area contributed by atoms with Crippen LogP contribution < -0.4 is 10.1 Å². The molecule has 6 nitrogen and oxygen atoms in total. The Hall–Kier alpha value is -2.91. The average molecular weight is 485 g/mol. The van der Waals surface area contributed by atoms with Crippen molar-refractivity contribution < 1.29 is 13.5 Å². The molecule has 3 heterocycles. The van der Waals surface area contributed by atoms with Gasteiger partial charge < -0.3 is 14.5 Å². The molecule has 0 bridgehead atoms. The summed E-state index contributed by atoms with van der Waals surface area (Å²) in [5.74, 6) is 1.04. The van der Waals surface area contributed by atoms with Gasteiger partial charge in [0.05, 0.1) is 0 Å². The van der Waals surface area contributed by atoms with E-state index in [1.165, 1.54) is 17.8 Å². The van der Waals surface area contributed by atoms with Crippen molar-refractivity contribution in [1.82, 2.24) is 15.2 Å². The first-order chi connectivity index (χ1) is 14.7. The highest BCUT2D eigenvalue weighted by atomic mass is 79.9. The Morgan fingerprint density at radius 2 is 1.87 bits per heavy atom. The standard InChI is InChI=1S/C21H14BrFN4O2S/c22-17-10-9-16(28-17)19-24-15-8-4-2-6-13(15)18-20(29-19)25-21(27-26-18)30-11-12-5-1-3-7-14(12)23/h1-10,19,24H,11H2/t19-/m0/s1. The molecule has 0 spiro atoms. The van der Waals surface area contributed by atoms with Gasteiger partial charge in [-0.2, -0.15) is 4.98 Å². The number of hydrogen-bond acceptors (Lipinski definition) is 7. The lowest BCUT2D eigenvalue weighted by Crippen LogP contribution is -2.16. The summed E-state index contributed by atoms with van der Waals surface area (Å²) in [5.41, 5.74) is 2.76. The number of furan rings is 1. The van der Waals surface area contributed by atoms with Gasteiger partial charge in [-0.05, 0) is 45.8 Å². The SMILES string of the molecule is Fc1ccccc1CSc1nnc2c(n1)O[C@@H](c1ccc(Br)o1)Nc1ccccc1-2. The van der Waals surface area contributed by atoms with Crippen molar-refractivity contribution in [3.8, 4) is 17.1 Å². The molecule has 0 saturated heterocycles. The summed E-state index contributed by atoms with van der Waals surface area (Å²) in [6.45, 7) is 0. The predicted octanol–water partition coefficient (Wildman–Crippen LogP) is 5.83. The number of rotatable bonds is 4. The fourth-order valence-electron chi connectivity index (χ4n) is 3.06. The molecule has 4 aromatic rings. The van der Waals surface area contributed by atoms with Gasteiger partial charge in [-0.25, -0.2) is 4.39 Å². The van der Waals surface area contributed by atoms with Crippen molar-refractivity contribution in [2.45, 2.75) is 17.1 Å². The van der Waals surface area contributed by atoms with Crippen LogP contribution in [-0.2, 0) is 5.75 Å². The number of anilines is 1. The topological polar surface area (TPSA) is 73.1 Å². The van der Waals surface area contributed by atoms with Gasteiger partial charge in [0.1, 0.15) is 5.82 Å². The van der Waals surface area contributed by atoms with Crippen molar-refractivity contribution in [3.05, 3.63) is 82.5 Å². The van der Waals surface area contributed by atoms with Gasteiger partial charge >= 0.3 is 0 Å². The van der Waals surface area contributed by atoms with Gasteiger partial charge in [0.15, 0.2) is 16.1 Å². The van der Waals surface area contributed by atoms with E-state index in [0.29, 0.717) is 38.5 Å². The highest BCUT2D eigenvalue weighted by Gasteiger charge is 2.27.